The molecule has 25 heavy (non-hydrogen) atoms. The van der Waals surface area contributed by atoms with E-state index in [-0.39, 0.29) is 5.91 Å². The van der Waals surface area contributed by atoms with E-state index in [2.05, 4.69) is 16.5 Å². The van der Waals surface area contributed by atoms with Crippen LogP contribution in [0.4, 0.5) is 5.82 Å². The molecule has 0 atom stereocenters. The van der Waals surface area contributed by atoms with E-state index in [1.807, 2.05) is 50.4 Å². The highest BCUT2D eigenvalue weighted by Gasteiger charge is 2.12. The van der Waals surface area contributed by atoms with Crippen LogP contribution in [0.5, 0.6) is 5.75 Å². The van der Waals surface area contributed by atoms with E-state index in [9.17, 15) is 4.79 Å². The fraction of sp³-hybridized carbons (Fsp3) is 0.263. The summed E-state index contributed by atoms with van der Waals surface area (Å²) in [6.07, 6.45) is 0. The predicted molar refractivity (Wildman–Crippen MR) is 100 cm³/mol. The molecule has 6 heteroatoms. The van der Waals surface area contributed by atoms with E-state index < -0.39 is 0 Å². The highest BCUT2D eigenvalue weighted by Crippen LogP contribution is 2.22. The lowest BCUT2D eigenvalue weighted by Crippen LogP contribution is -2.13. The summed E-state index contributed by atoms with van der Waals surface area (Å²) in [5.41, 5.74) is 4.12. The number of nitrogens with zero attached hydrogens (tertiary/aromatic N) is 2. The quantitative estimate of drug-likeness (QED) is 0.745. The van der Waals surface area contributed by atoms with Crippen LogP contribution in [0, 0.1) is 20.8 Å². The van der Waals surface area contributed by atoms with Gasteiger partial charge in [0.1, 0.15) is 18.2 Å². The maximum Gasteiger partial charge on any atom is 0.266 e. The van der Waals surface area contributed by atoms with Gasteiger partial charge in [0.25, 0.3) is 5.91 Å². The minimum atomic E-state index is -0.133. The molecule has 0 fully saturated rings. The Labute approximate surface area is 151 Å². The van der Waals surface area contributed by atoms with Crippen LogP contribution >= 0.6 is 11.3 Å². The Morgan fingerprint density at radius 2 is 2.04 bits per heavy atom. The van der Waals surface area contributed by atoms with Gasteiger partial charge in [-0.25, -0.2) is 0 Å². The van der Waals surface area contributed by atoms with E-state index in [4.69, 9.17) is 4.74 Å². The van der Waals surface area contributed by atoms with Crippen LogP contribution in [0.15, 0.2) is 35.7 Å². The molecular weight excluding hydrogens is 334 g/mol. The first kappa shape index (κ1) is 17.2. The van der Waals surface area contributed by atoms with E-state index in [0.717, 1.165) is 28.1 Å². The summed E-state index contributed by atoms with van der Waals surface area (Å²) < 4.78 is 7.56. The van der Waals surface area contributed by atoms with E-state index in [0.29, 0.717) is 17.3 Å². The zero-order valence-corrected chi connectivity index (χ0v) is 15.6. The number of benzene rings is 1. The molecule has 3 rings (SSSR count). The maximum atomic E-state index is 12.4. The second-order valence-electron chi connectivity index (χ2n) is 6.13. The SMILES string of the molecule is Cc1ccc(C)c(OCc2csc(C(=O)Nc3cc(C)nn3C)c2)c1. The molecule has 0 aliphatic rings. The third-order valence-electron chi connectivity index (χ3n) is 3.86. The molecule has 0 bridgehead atoms. The van der Waals surface area contributed by atoms with Crippen molar-refractivity contribution in [1.82, 2.24) is 9.78 Å². The zero-order chi connectivity index (χ0) is 18.0. The van der Waals surface area contributed by atoms with Gasteiger partial charge in [0.15, 0.2) is 0 Å². The van der Waals surface area contributed by atoms with Crippen LogP contribution in [0.3, 0.4) is 0 Å². The molecule has 1 aromatic carbocycles. The summed E-state index contributed by atoms with van der Waals surface area (Å²) in [4.78, 5) is 13.0. The van der Waals surface area contributed by atoms with Gasteiger partial charge in [-0.05, 0) is 49.4 Å². The van der Waals surface area contributed by atoms with Gasteiger partial charge < -0.3 is 10.1 Å². The van der Waals surface area contributed by atoms with Gasteiger partial charge >= 0.3 is 0 Å². The lowest BCUT2D eigenvalue weighted by Gasteiger charge is -2.09. The molecule has 0 unspecified atom stereocenters. The van der Waals surface area contributed by atoms with Crippen molar-refractivity contribution in [3.63, 3.8) is 0 Å². The Kier molecular flexibility index (Phi) is 4.90. The topological polar surface area (TPSA) is 56.1 Å². The summed E-state index contributed by atoms with van der Waals surface area (Å²) in [6, 6.07) is 9.85. The second-order valence-corrected chi connectivity index (χ2v) is 7.04. The number of hydrogen-bond donors (Lipinski definition) is 1. The summed E-state index contributed by atoms with van der Waals surface area (Å²) in [5, 5.41) is 9.06. The van der Waals surface area contributed by atoms with Gasteiger partial charge in [0.05, 0.1) is 10.6 Å². The molecular formula is C19H21N3O2S. The molecule has 0 saturated carbocycles. The Morgan fingerprint density at radius 1 is 1.24 bits per heavy atom. The average Bonchev–Trinajstić information content (AvgIpc) is 3.15. The fourth-order valence-corrected chi connectivity index (χ4v) is 3.29. The monoisotopic (exact) mass is 355 g/mol. The molecule has 130 valence electrons. The van der Waals surface area contributed by atoms with Gasteiger partial charge in [-0.1, -0.05) is 12.1 Å². The van der Waals surface area contributed by atoms with Crippen molar-refractivity contribution in [2.24, 2.45) is 7.05 Å². The zero-order valence-electron chi connectivity index (χ0n) is 14.8. The Bertz CT molecular complexity index is 911. The number of rotatable bonds is 5. The molecule has 0 saturated heterocycles. The lowest BCUT2D eigenvalue weighted by atomic mass is 10.1. The van der Waals surface area contributed by atoms with Crippen LogP contribution < -0.4 is 10.1 Å². The number of ether oxygens (including phenoxy) is 1. The first-order valence-electron chi connectivity index (χ1n) is 8.02. The summed E-state index contributed by atoms with van der Waals surface area (Å²) >= 11 is 1.41. The van der Waals surface area contributed by atoms with Crippen molar-refractivity contribution in [3.05, 3.63) is 63.0 Å². The molecule has 3 aromatic rings. The van der Waals surface area contributed by atoms with Crippen LogP contribution in [0.25, 0.3) is 0 Å². The van der Waals surface area contributed by atoms with Crippen molar-refractivity contribution in [2.75, 3.05) is 5.32 Å². The largest absolute Gasteiger partial charge is 0.489 e. The minimum Gasteiger partial charge on any atom is -0.489 e. The van der Waals surface area contributed by atoms with Crippen molar-refractivity contribution in [3.8, 4) is 5.75 Å². The van der Waals surface area contributed by atoms with Gasteiger partial charge in [-0.3, -0.25) is 9.48 Å². The van der Waals surface area contributed by atoms with Gasteiger partial charge in [0.2, 0.25) is 0 Å². The Hall–Kier alpha value is -2.60. The normalized spacial score (nSPS) is 10.7. The number of aryl methyl sites for hydroxylation is 4. The molecule has 2 aromatic heterocycles. The summed E-state index contributed by atoms with van der Waals surface area (Å²) in [5.74, 6) is 1.43. The minimum absolute atomic E-state index is 0.133. The highest BCUT2D eigenvalue weighted by molar-refractivity contribution is 7.12. The molecule has 2 heterocycles. The number of nitrogens with one attached hydrogen (secondary N) is 1. The van der Waals surface area contributed by atoms with E-state index in [1.165, 1.54) is 11.3 Å². The van der Waals surface area contributed by atoms with E-state index >= 15 is 0 Å². The second kappa shape index (κ2) is 7.11. The lowest BCUT2D eigenvalue weighted by molar-refractivity contribution is 0.102. The number of amides is 1. The average molecular weight is 355 g/mol. The van der Waals surface area contributed by atoms with Crippen LogP contribution in [0.2, 0.25) is 0 Å². The number of carbonyl (C=O) groups is 1. The molecule has 0 radical (unpaired) electrons. The highest BCUT2D eigenvalue weighted by atomic mass is 32.1. The Balaban J connectivity index is 1.64. The maximum absolute atomic E-state index is 12.4. The number of hydrogen-bond acceptors (Lipinski definition) is 4. The molecule has 1 amide bonds. The summed E-state index contributed by atoms with van der Waals surface area (Å²) in [7, 11) is 1.81. The number of carbonyl (C=O) groups excluding carboxylic acids is 1. The molecule has 0 aliphatic heterocycles. The molecule has 5 nitrogen and oxygen atoms in total. The Morgan fingerprint density at radius 3 is 2.76 bits per heavy atom. The van der Waals surface area contributed by atoms with Gasteiger partial charge in [-0.2, -0.15) is 5.10 Å². The van der Waals surface area contributed by atoms with Gasteiger partial charge in [-0.15, -0.1) is 11.3 Å². The van der Waals surface area contributed by atoms with E-state index in [1.54, 1.807) is 11.7 Å². The first-order chi connectivity index (χ1) is 11.9. The van der Waals surface area contributed by atoms with Crippen LogP contribution in [0.1, 0.15) is 32.1 Å². The van der Waals surface area contributed by atoms with Crippen molar-refractivity contribution < 1.29 is 9.53 Å². The smallest absolute Gasteiger partial charge is 0.266 e. The third kappa shape index (κ3) is 4.09. The molecule has 1 N–H and O–H groups in total. The standard InChI is InChI=1S/C19H21N3O2S/c1-12-5-6-13(2)16(7-12)24-10-15-9-17(25-11-15)19(23)20-18-8-14(3)21-22(18)4/h5-9,11H,10H2,1-4H3,(H,20,23). The number of thiophene rings is 1. The van der Waals surface area contributed by atoms with Gasteiger partial charge in [0, 0.05) is 18.7 Å². The van der Waals surface area contributed by atoms with Crippen molar-refractivity contribution >= 4 is 23.1 Å². The van der Waals surface area contributed by atoms with Crippen molar-refractivity contribution in [1.29, 1.82) is 0 Å². The van der Waals surface area contributed by atoms with Crippen molar-refractivity contribution in [2.45, 2.75) is 27.4 Å². The number of aromatic nitrogens is 2. The fourth-order valence-electron chi connectivity index (χ4n) is 2.50. The first-order valence-corrected chi connectivity index (χ1v) is 8.90. The molecule has 0 spiro atoms. The van der Waals surface area contributed by atoms with Crippen LogP contribution in [-0.4, -0.2) is 15.7 Å². The third-order valence-corrected chi connectivity index (χ3v) is 4.84. The predicted octanol–water partition coefficient (Wildman–Crippen LogP) is 4.24. The molecule has 0 aliphatic carbocycles. The summed E-state index contributed by atoms with van der Waals surface area (Å²) in [6.45, 7) is 6.40. The number of anilines is 1. The van der Waals surface area contributed by atoms with Crippen LogP contribution in [-0.2, 0) is 13.7 Å².